The van der Waals surface area contributed by atoms with E-state index < -0.39 is 8.07 Å². The summed E-state index contributed by atoms with van der Waals surface area (Å²) in [5, 5.41) is 5.65. The van der Waals surface area contributed by atoms with E-state index >= 15 is 0 Å². The molecule has 0 aliphatic rings. The molecular weight excluding hydrogens is 833 g/mol. The summed E-state index contributed by atoms with van der Waals surface area (Å²) in [6.07, 6.45) is 3.32. The van der Waals surface area contributed by atoms with Gasteiger partial charge in [0.2, 0.25) is 0 Å². The molecule has 52 heavy (non-hydrogen) atoms. The minimum absolute atomic E-state index is 0. The first-order valence-corrected chi connectivity index (χ1v) is 21.1. The van der Waals surface area contributed by atoms with E-state index in [-0.39, 0.29) is 20.1 Å². The van der Waals surface area contributed by atoms with E-state index in [1.807, 2.05) is 30.3 Å². The van der Waals surface area contributed by atoms with Gasteiger partial charge in [0.1, 0.15) is 26.3 Å². The summed E-state index contributed by atoms with van der Waals surface area (Å²) in [4.78, 5) is 18.1. The molecule has 0 saturated heterocycles. The van der Waals surface area contributed by atoms with Crippen molar-refractivity contribution in [2.45, 2.75) is 59.2 Å². The van der Waals surface area contributed by atoms with E-state index in [9.17, 15) is 0 Å². The van der Waals surface area contributed by atoms with Crippen molar-refractivity contribution in [3.8, 4) is 33.8 Å². The van der Waals surface area contributed by atoms with Crippen LogP contribution in [0, 0.1) is 12.1 Å². The van der Waals surface area contributed by atoms with E-state index in [0.29, 0.717) is 11.8 Å². The quantitative estimate of drug-likeness (QED) is 0.123. The van der Waals surface area contributed by atoms with Crippen molar-refractivity contribution in [1.82, 2.24) is 19.9 Å². The van der Waals surface area contributed by atoms with Crippen LogP contribution < -0.4 is 5.32 Å². The number of nitrogens with zero attached hydrogens (tertiary/aromatic N) is 4. The van der Waals surface area contributed by atoms with Crippen molar-refractivity contribution < 1.29 is 24.5 Å². The standard InChI is InChI=1S/C32H27N2O.C13H15N2Si.Ir/c1-19(2)22-11-7-12-23(20(3)4)30(22)29-17-28(33-18-34-29)27-14-8-13-25-26-16-15-21-9-5-6-10-24(21)31(26)35-32(25)27;1-16(2,3)13-9-12(14-10-15-13)11-7-5-4-6-8-11;/h5-13,15-20H,1-4H3;4-7,9-10H,1-3H3;/q2*-1;. The molecule has 263 valence electrons. The van der Waals surface area contributed by atoms with Crippen LogP contribution in [0.25, 0.3) is 66.5 Å². The number of benzene rings is 5. The van der Waals surface area contributed by atoms with Gasteiger partial charge < -0.3 is 4.42 Å². The molecule has 7 heteroatoms. The summed E-state index contributed by atoms with van der Waals surface area (Å²) in [5.41, 5.74) is 10.1. The van der Waals surface area contributed by atoms with Crippen LogP contribution in [-0.2, 0) is 20.1 Å². The fraction of sp³-hybridized carbons (Fsp3) is 0.200. The summed E-state index contributed by atoms with van der Waals surface area (Å²) in [5.74, 6) is 0.779. The van der Waals surface area contributed by atoms with Crippen molar-refractivity contribution in [3.05, 3.63) is 139 Å². The Kier molecular flexibility index (Phi) is 11.0. The van der Waals surface area contributed by atoms with Gasteiger partial charge >= 0.3 is 0 Å². The fourth-order valence-electron chi connectivity index (χ4n) is 6.60. The summed E-state index contributed by atoms with van der Waals surface area (Å²) >= 11 is 0. The van der Waals surface area contributed by atoms with Gasteiger partial charge in [0.05, 0.1) is 11.3 Å². The maximum absolute atomic E-state index is 6.53. The van der Waals surface area contributed by atoms with Crippen LogP contribution in [0.2, 0.25) is 19.6 Å². The number of rotatable bonds is 6. The molecule has 0 saturated carbocycles. The molecule has 5 nitrogen and oxygen atoms in total. The Morgan fingerprint density at radius 2 is 1.25 bits per heavy atom. The van der Waals surface area contributed by atoms with Crippen LogP contribution in [-0.4, -0.2) is 28.0 Å². The molecule has 0 spiro atoms. The first-order valence-electron chi connectivity index (χ1n) is 17.6. The van der Waals surface area contributed by atoms with Crippen molar-refractivity contribution in [2.24, 2.45) is 0 Å². The van der Waals surface area contributed by atoms with Crippen molar-refractivity contribution in [3.63, 3.8) is 0 Å². The third-order valence-corrected chi connectivity index (χ3v) is 11.1. The monoisotopic (exact) mass is 875 g/mol. The second-order valence-corrected chi connectivity index (χ2v) is 19.6. The summed E-state index contributed by atoms with van der Waals surface area (Å²) < 4.78 is 6.53. The van der Waals surface area contributed by atoms with Gasteiger partial charge in [-0.15, -0.1) is 54.1 Å². The van der Waals surface area contributed by atoms with Crippen LogP contribution in [0.15, 0.2) is 120 Å². The molecular formula is C45H42IrN4OSi-2. The van der Waals surface area contributed by atoms with Crippen molar-refractivity contribution in [2.75, 3.05) is 0 Å². The molecule has 0 aliphatic carbocycles. The minimum Gasteiger partial charge on any atom is -0.500 e. The van der Waals surface area contributed by atoms with Gasteiger partial charge in [0, 0.05) is 41.8 Å². The summed E-state index contributed by atoms with van der Waals surface area (Å²) in [6.45, 7) is 15.8. The number of aromatic nitrogens is 4. The van der Waals surface area contributed by atoms with Gasteiger partial charge in [-0.2, -0.15) is 0 Å². The Bertz CT molecular complexity index is 2460. The molecule has 3 heterocycles. The molecule has 0 fully saturated rings. The molecule has 0 atom stereocenters. The number of fused-ring (bicyclic) bond motifs is 5. The minimum atomic E-state index is -1.36. The molecule has 0 N–H and O–H groups in total. The van der Waals surface area contributed by atoms with Crippen molar-refractivity contribution >= 4 is 46.1 Å². The van der Waals surface area contributed by atoms with Gasteiger partial charge in [-0.25, -0.2) is 9.97 Å². The number of hydrogen-bond acceptors (Lipinski definition) is 5. The molecule has 0 unspecified atom stereocenters. The largest absolute Gasteiger partial charge is 0.500 e. The zero-order chi connectivity index (χ0) is 35.7. The fourth-order valence-corrected chi connectivity index (χ4v) is 7.62. The van der Waals surface area contributed by atoms with Gasteiger partial charge in [-0.05, 0) is 39.7 Å². The van der Waals surface area contributed by atoms with Gasteiger partial charge in [0.25, 0.3) is 0 Å². The van der Waals surface area contributed by atoms with E-state index in [0.717, 1.165) is 55.5 Å². The first kappa shape index (κ1) is 37.0. The summed E-state index contributed by atoms with van der Waals surface area (Å²) in [6, 6.07) is 41.9. The average Bonchev–Trinajstić information content (AvgIpc) is 3.54. The predicted molar refractivity (Wildman–Crippen MR) is 214 cm³/mol. The molecule has 3 aromatic heterocycles. The number of furan rings is 1. The SMILES string of the molecule is CC(C)c1cccc(C(C)C)c1-c1cc(-c2[c-]ccc3c2oc2c4ccccc4ccc32)ncn1.C[Si](C)(C)c1cc(-c2[c-]cccc2)ncn1.[Ir]. The molecule has 0 aliphatic heterocycles. The third kappa shape index (κ3) is 7.40. The Hall–Kier alpha value is -4.81. The topological polar surface area (TPSA) is 64.7 Å². The van der Waals surface area contributed by atoms with E-state index in [1.54, 1.807) is 12.7 Å². The van der Waals surface area contributed by atoms with Gasteiger partial charge in [-0.1, -0.05) is 125 Å². The molecule has 8 aromatic rings. The van der Waals surface area contributed by atoms with Crippen LogP contribution in [0.3, 0.4) is 0 Å². The molecule has 8 rings (SSSR count). The predicted octanol–water partition coefficient (Wildman–Crippen LogP) is 11.4. The third-order valence-electron chi connectivity index (χ3n) is 9.30. The maximum atomic E-state index is 6.53. The Balaban J connectivity index is 0.000000230. The number of hydrogen-bond donors (Lipinski definition) is 0. The summed E-state index contributed by atoms with van der Waals surface area (Å²) in [7, 11) is -1.36. The van der Waals surface area contributed by atoms with Crippen molar-refractivity contribution in [1.29, 1.82) is 0 Å². The Morgan fingerprint density at radius 3 is 1.96 bits per heavy atom. The first-order chi connectivity index (χ1) is 24.6. The van der Waals surface area contributed by atoms with Crippen LogP contribution in [0.4, 0.5) is 0 Å². The maximum Gasteiger partial charge on any atom is 0.128 e. The van der Waals surface area contributed by atoms with Gasteiger partial charge in [-0.3, -0.25) is 9.97 Å². The zero-order valence-corrected chi connectivity index (χ0v) is 34.0. The molecule has 0 amide bonds. The van der Waals surface area contributed by atoms with Crippen LogP contribution in [0.1, 0.15) is 50.7 Å². The second kappa shape index (κ2) is 15.4. The smallest absolute Gasteiger partial charge is 0.128 e. The zero-order valence-electron chi connectivity index (χ0n) is 30.7. The van der Waals surface area contributed by atoms with Crippen LogP contribution >= 0.6 is 0 Å². The van der Waals surface area contributed by atoms with E-state index in [1.165, 1.54) is 27.4 Å². The molecule has 0 bridgehead atoms. The van der Waals surface area contributed by atoms with E-state index in [2.05, 4.69) is 147 Å². The molecule has 1 radical (unpaired) electrons. The second-order valence-electron chi connectivity index (χ2n) is 14.6. The van der Waals surface area contributed by atoms with Crippen LogP contribution in [0.5, 0.6) is 0 Å². The normalized spacial score (nSPS) is 11.6. The van der Waals surface area contributed by atoms with Gasteiger partial charge in [0.15, 0.2) is 0 Å². The Labute approximate surface area is 321 Å². The molecule has 5 aromatic carbocycles. The van der Waals surface area contributed by atoms with E-state index in [4.69, 9.17) is 9.40 Å². The Morgan fingerprint density at radius 1 is 0.577 bits per heavy atom. The average molecular weight is 875 g/mol.